The first-order chi connectivity index (χ1) is 5.07. The molecule has 0 aromatic rings. The molecular weight excluding hydrogens is 164 g/mol. The molecule has 1 unspecified atom stereocenters. The van der Waals surface area contributed by atoms with Crippen molar-refractivity contribution in [2.45, 2.75) is 19.4 Å². The van der Waals surface area contributed by atoms with Crippen molar-refractivity contribution in [1.82, 2.24) is 5.32 Å². The molecule has 0 radical (unpaired) electrons. The van der Waals surface area contributed by atoms with Crippen LogP contribution in [0.25, 0.3) is 0 Å². The van der Waals surface area contributed by atoms with Gasteiger partial charge in [0.25, 0.3) is 0 Å². The number of hydrogen-bond acceptors (Lipinski definition) is 3. The quantitative estimate of drug-likeness (QED) is 0.495. The standard InChI is InChI=1S/C6H12N2O2S/c1-4(6(7)10)8-5(9)2-3-11/h4,11H,2-3H2,1H3,(H2,7,10)(H,8,9). The second-order valence-electron chi connectivity index (χ2n) is 2.17. The summed E-state index contributed by atoms with van der Waals surface area (Å²) in [5, 5.41) is 2.42. The summed E-state index contributed by atoms with van der Waals surface area (Å²) in [5.74, 6) is -0.263. The highest BCUT2D eigenvalue weighted by atomic mass is 32.1. The number of nitrogens with one attached hydrogen (secondary N) is 1. The Morgan fingerprint density at radius 3 is 2.55 bits per heavy atom. The molecule has 2 amide bonds. The van der Waals surface area contributed by atoms with E-state index < -0.39 is 11.9 Å². The number of carbonyl (C=O) groups is 2. The zero-order valence-electron chi connectivity index (χ0n) is 6.33. The topological polar surface area (TPSA) is 72.2 Å². The second kappa shape index (κ2) is 5.01. The predicted octanol–water partition coefficient (Wildman–Crippen LogP) is -0.704. The van der Waals surface area contributed by atoms with Gasteiger partial charge in [-0.15, -0.1) is 0 Å². The molecule has 0 aromatic heterocycles. The SMILES string of the molecule is CC(NC(=O)CCS)C(N)=O. The predicted molar refractivity (Wildman–Crippen MR) is 45.3 cm³/mol. The van der Waals surface area contributed by atoms with E-state index in [-0.39, 0.29) is 5.91 Å². The van der Waals surface area contributed by atoms with Gasteiger partial charge >= 0.3 is 0 Å². The first-order valence-corrected chi connectivity index (χ1v) is 3.90. The van der Waals surface area contributed by atoms with E-state index in [9.17, 15) is 9.59 Å². The van der Waals surface area contributed by atoms with Gasteiger partial charge in [-0.05, 0) is 12.7 Å². The Hall–Kier alpha value is -0.710. The fourth-order valence-corrected chi connectivity index (χ4v) is 0.689. The molecule has 3 N–H and O–H groups in total. The molecule has 1 atom stereocenters. The Kier molecular flexibility index (Phi) is 4.69. The third-order valence-corrected chi connectivity index (χ3v) is 1.37. The van der Waals surface area contributed by atoms with Crippen molar-refractivity contribution in [3.8, 4) is 0 Å². The van der Waals surface area contributed by atoms with Crippen LogP contribution in [0.15, 0.2) is 0 Å². The second-order valence-corrected chi connectivity index (χ2v) is 2.61. The minimum absolute atomic E-state index is 0.202. The molecule has 0 spiro atoms. The van der Waals surface area contributed by atoms with Crippen LogP contribution in [0.2, 0.25) is 0 Å². The first-order valence-electron chi connectivity index (χ1n) is 3.27. The van der Waals surface area contributed by atoms with E-state index in [0.717, 1.165) is 0 Å². The van der Waals surface area contributed by atoms with Crippen molar-refractivity contribution in [2.75, 3.05) is 5.75 Å². The van der Waals surface area contributed by atoms with E-state index in [1.165, 1.54) is 0 Å². The number of amides is 2. The summed E-state index contributed by atoms with van der Waals surface area (Å²) in [6.45, 7) is 1.54. The highest BCUT2D eigenvalue weighted by Crippen LogP contribution is 1.86. The van der Waals surface area contributed by atoms with Gasteiger partial charge in [-0.2, -0.15) is 12.6 Å². The van der Waals surface area contributed by atoms with E-state index >= 15 is 0 Å². The lowest BCUT2D eigenvalue weighted by Crippen LogP contribution is -2.42. The zero-order valence-corrected chi connectivity index (χ0v) is 7.23. The molecule has 5 heteroatoms. The molecule has 0 aliphatic rings. The van der Waals surface area contributed by atoms with Crippen LogP contribution in [0.5, 0.6) is 0 Å². The average Bonchev–Trinajstić information content (AvgIpc) is 1.87. The normalized spacial score (nSPS) is 12.2. The Morgan fingerprint density at radius 1 is 1.64 bits per heavy atom. The lowest BCUT2D eigenvalue weighted by molar-refractivity contribution is -0.126. The third kappa shape index (κ3) is 4.66. The van der Waals surface area contributed by atoms with Crippen LogP contribution in [0.1, 0.15) is 13.3 Å². The number of primary amides is 1. The molecule has 4 nitrogen and oxygen atoms in total. The Labute approximate surface area is 70.9 Å². The molecule has 0 fully saturated rings. The number of hydrogen-bond donors (Lipinski definition) is 3. The fraction of sp³-hybridized carbons (Fsp3) is 0.667. The van der Waals surface area contributed by atoms with Crippen LogP contribution in [-0.2, 0) is 9.59 Å². The molecule has 0 aliphatic heterocycles. The maximum absolute atomic E-state index is 10.8. The zero-order chi connectivity index (χ0) is 8.85. The number of nitrogens with two attached hydrogens (primary N) is 1. The van der Waals surface area contributed by atoms with Crippen molar-refractivity contribution in [2.24, 2.45) is 5.73 Å². The summed E-state index contributed by atoms with van der Waals surface area (Å²) in [7, 11) is 0. The molecule has 0 rings (SSSR count). The van der Waals surface area contributed by atoms with Gasteiger partial charge in [-0.25, -0.2) is 0 Å². The van der Waals surface area contributed by atoms with Crippen LogP contribution in [0.4, 0.5) is 0 Å². The van der Waals surface area contributed by atoms with Gasteiger partial charge in [0, 0.05) is 6.42 Å². The van der Waals surface area contributed by atoms with Gasteiger partial charge in [-0.1, -0.05) is 0 Å². The lowest BCUT2D eigenvalue weighted by atomic mass is 10.3. The molecule has 0 saturated carbocycles. The van der Waals surface area contributed by atoms with Crippen molar-refractivity contribution < 1.29 is 9.59 Å². The summed E-state index contributed by atoms with van der Waals surface area (Å²) in [5.41, 5.74) is 4.91. The van der Waals surface area contributed by atoms with Crippen molar-refractivity contribution >= 4 is 24.4 Å². The van der Waals surface area contributed by atoms with Gasteiger partial charge in [0.2, 0.25) is 11.8 Å². The van der Waals surface area contributed by atoms with Gasteiger partial charge < -0.3 is 11.1 Å². The smallest absolute Gasteiger partial charge is 0.239 e. The molecular formula is C6H12N2O2S. The van der Waals surface area contributed by atoms with Crippen molar-refractivity contribution in [1.29, 1.82) is 0 Å². The molecule has 0 aliphatic carbocycles. The largest absolute Gasteiger partial charge is 0.368 e. The van der Waals surface area contributed by atoms with Crippen LogP contribution >= 0.6 is 12.6 Å². The van der Waals surface area contributed by atoms with Crippen LogP contribution in [-0.4, -0.2) is 23.6 Å². The summed E-state index contributed by atoms with van der Waals surface area (Å²) >= 11 is 3.86. The van der Waals surface area contributed by atoms with Crippen molar-refractivity contribution in [3.05, 3.63) is 0 Å². The molecule has 0 saturated heterocycles. The van der Waals surface area contributed by atoms with Crippen LogP contribution in [0.3, 0.4) is 0 Å². The summed E-state index contributed by atoms with van der Waals surface area (Å²) in [6, 6.07) is -0.595. The Balaban J connectivity index is 3.66. The monoisotopic (exact) mass is 176 g/mol. The average molecular weight is 176 g/mol. The Morgan fingerprint density at radius 2 is 2.18 bits per heavy atom. The summed E-state index contributed by atoms with van der Waals surface area (Å²) in [6.07, 6.45) is 0.306. The number of carbonyl (C=O) groups excluding carboxylic acids is 2. The van der Waals surface area contributed by atoms with Crippen LogP contribution < -0.4 is 11.1 Å². The number of rotatable bonds is 4. The van der Waals surface area contributed by atoms with Gasteiger partial charge in [0.15, 0.2) is 0 Å². The summed E-state index contributed by atoms with van der Waals surface area (Å²) < 4.78 is 0. The minimum Gasteiger partial charge on any atom is -0.368 e. The molecule has 0 heterocycles. The fourth-order valence-electron chi connectivity index (χ4n) is 0.486. The third-order valence-electron chi connectivity index (χ3n) is 1.14. The maximum atomic E-state index is 10.8. The van der Waals surface area contributed by atoms with E-state index in [1.807, 2.05) is 0 Å². The van der Waals surface area contributed by atoms with Gasteiger partial charge in [-0.3, -0.25) is 9.59 Å². The maximum Gasteiger partial charge on any atom is 0.239 e. The molecule has 64 valence electrons. The minimum atomic E-state index is -0.595. The van der Waals surface area contributed by atoms with E-state index in [4.69, 9.17) is 5.73 Å². The first kappa shape index (κ1) is 10.3. The Bertz CT molecular complexity index is 161. The highest BCUT2D eigenvalue weighted by molar-refractivity contribution is 7.80. The van der Waals surface area contributed by atoms with Gasteiger partial charge in [0.05, 0.1) is 0 Å². The summed E-state index contributed by atoms with van der Waals surface area (Å²) in [4.78, 5) is 21.2. The lowest BCUT2D eigenvalue weighted by Gasteiger charge is -2.08. The van der Waals surface area contributed by atoms with Crippen LogP contribution in [0, 0.1) is 0 Å². The van der Waals surface area contributed by atoms with E-state index in [0.29, 0.717) is 12.2 Å². The van der Waals surface area contributed by atoms with Crippen molar-refractivity contribution in [3.63, 3.8) is 0 Å². The highest BCUT2D eigenvalue weighted by Gasteiger charge is 2.10. The molecule has 0 bridgehead atoms. The van der Waals surface area contributed by atoms with E-state index in [2.05, 4.69) is 17.9 Å². The number of thiol groups is 1. The van der Waals surface area contributed by atoms with Gasteiger partial charge in [0.1, 0.15) is 6.04 Å². The molecule has 11 heavy (non-hydrogen) atoms. The van der Waals surface area contributed by atoms with E-state index in [1.54, 1.807) is 6.92 Å². The molecule has 0 aromatic carbocycles.